The van der Waals surface area contributed by atoms with Crippen molar-refractivity contribution in [1.82, 2.24) is 14.3 Å². The monoisotopic (exact) mass is 230 g/mol. The molecular weight excluding hydrogens is 212 g/mol. The minimum absolute atomic E-state index is 0.240. The molecule has 3 rings (SSSR count). The molecule has 1 aliphatic carbocycles. The summed E-state index contributed by atoms with van der Waals surface area (Å²) in [4.78, 5) is 0. The van der Waals surface area contributed by atoms with Crippen LogP contribution in [0.15, 0.2) is 30.7 Å². The molecule has 2 aromatic rings. The summed E-state index contributed by atoms with van der Waals surface area (Å²) < 4.78 is 4.30. The number of hydrogen-bond acceptors (Lipinski definition) is 2. The fourth-order valence-electron chi connectivity index (χ4n) is 2.65. The first-order chi connectivity index (χ1) is 8.34. The van der Waals surface area contributed by atoms with Gasteiger partial charge in [0, 0.05) is 36.9 Å². The number of fused-ring (bicyclic) bond motifs is 1. The molecule has 0 aromatic carbocycles. The predicted octanol–water partition coefficient (Wildman–Crippen LogP) is 1.72. The van der Waals surface area contributed by atoms with Gasteiger partial charge in [-0.15, -0.1) is 0 Å². The quantitative estimate of drug-likeness (QED) is 0.872. The van der Waals surface area contributed by atoms with Crippen LogP contribution in [0.4, 0.5) is 0 Å². The number of aryl methyl sites for hydroxylation is 2. The molecule has 17 heavy (non-hydrogen) atoms. The molecular formula is C13H18N4. The number of rotatable bonds is 3. The van der Waals surface area contributed by atoms with Crippen LogP contribution in [0.2, 0.25) is 0 Å². The second-order valence-electron chi connectivity index (χ2n) is 4.68. The molecule has 2 aromatic heterocycles. The zero-order chi connectivity index (χ0) is 11.7. The third-order valence-corrected chi connectivity index (χ3v) is 3.57. The molecule has 4 heteroatoms. The molecule has 0 amide bonds. The van der Waals surface area contributed by atoms with Crippen LogP contribution >= 0.6 is 0 Å². The molecule has 0 saturated carbocycles. The van der Waals surface area contributed by atoms with E-state index in [1.807, 2.05) is 23.1 Å². The average molecular weight is 230 g/mol. The maximum Gasteiger partial charge on any atom is 0.0588 e. The van der Waals surface area contributed by atoms with Gasteiger partial charge < -0.3 is 10.3 Å². The zero-order valence-electron chi connectivity index (χ0n) is 9.92. The molecule has 4 nitrogen and oxygen atoms in total. The SMILES string of the molecule is NC1CCCc2c1ccn2CCn1cccn1. The fraction of sp³-hybridized carbons (Fsp3) is 0.462. The maximum absolute atomic E-state index is 6.12. The first kappa shape index (κ1) is 10.6. The van der Waals surface area contributed by atoms with E-state index < -0.39 is 0 Å². The van der Waals surface area contributed by atoms with Crippen molar-refractivity contribution < 1.29 is 0 Å². The highest BCUT2D eigenvalue weighted by molar-refractivity contribution is 5.28. The van der Waals surface area contributed by atoms with Crippen molar-refractivity contribution in [1.29, 1.82) is 0 Å². The van der Waals surface area contributed by atoms with Gasteiger partial charge in [-0.2, -0.15) is 5.10 Å². The Morgan fingerprint density at radius 2 is 2.29 bits per heavy atom. The van der Waals surface area contributed by atoms with Crippen LogP contribution in [0.25, 0.3) is 0 Å². The third kappa shape index (κ3) is 2.00. The van der Waals surface area contributed by atoms with Gasteiger partial charge >= 0.3 is 0 Å². The first-order valence-electron chi connectivity index (χ1n) is 6.25. The lowest BCUT2D eigenvalue weighted by molar-refractivity contribution is 0.497. The van der Waals surface area contributed by atoms with Gasteiger partial charge in [-0.3, -0.25) is 4.68 Å². The standard InChI is InChI=1S/C13H18N4/c14-12-3-1-4-13-11(12)5-8-16(13)9-10-17-7-2-6-15-17/h2,5-8,12H,1,3-4,9-10,14H2. The Labute approximate surface area is 101 Å². The second-order valence-corrected chi connectivity index (χ2v) is 4.68. The van der Waals surface area contributed by atoms with Crippen LogP contribution in [0.1, 0.15) is 30.1 Å². The summed E-state index contributed by atoms with van der Waals surface area (Å²) in [5, 5.41) is 4.22. The lowest BCUT2D eigenvalue weighted by Crippen LogP contribution is -2.19. The Bertz CT molecular complexity index is 483. The number of nitrogens with two attached hydrogens (primary N) is 1. The molecule has 0 saturated heterocycles. The maximum atomic E-state index is 6.12. The van der Waals surface area contributed by atoms with Crippen molar-refractivity contribution in [2.75, 3.05) is 0 Å². The van der Waals surface area contributed by atoms with Crippen LogP contribution in [0.3, 0.4) is 0 Å². The molecule has 0 fully saturated rings. The molecule has 0 bridgehead atoms. The van der Waals surface area contributed by atoms with Crippen LogP contribution in [0, 0.1) is 0 Å². The Morgan fingerprint density at radius 3 is 3.12 bits per heavy atom. The third-order valence-electron chi connectivity index (χ3n) is 3.57. The molecule has 1 unspecified atom stereocenters. The van der Waals surface area contributed by atoms with Crippen LogP contribution in [0.5, 0.6) is 0 Å². The van der Waals surface area contributed by atoms with Gasteiger partial charge in [0.2, 0.25) is 0 Å². The van der Waals surface area contributed by atoms with Gasteiger partial charge in [0.25, 0.3) is 0 Å². The van der Waals surface area contributed by atoms with Gasteiger partial charge in [0.1, 0.15) is 0 Å². The van der Waals surface area contributed by atoms with E-state index >= 15 is 0 Å². The van der Waals surface area contributed by atoms with Crippen LogP contribution in [-0.4, -0.2) is 14.3 Å². The van der Waals surface area contributed by atoms with Gasteiger partial charge in [-0.05, 0) is 37.0 Å². The highest BCUT2D eigenvalue weighted by atomic mass is 15.3. The van der Waals surface area contributed by atoms with Crippen molar-refractivity contribution in [2.24, 2.45) is 5.73 Å². The first-order valence-corrected chi connectivity index (χ1v) is 6.25. The minimum atomic E-state index is 0.240. The second kappa shape index (κ2) is 4.37. The van der Waals surface area contributed by atoms with Crippen molar-refractivity contribution in [3.05, 3.63) is 42.0 Å². The van der Waals surface area contributed by atoms with E-state index in [-0.39, 0.29) is 6.04 Å². The topological polar surface area (TPSA) is 48.8 Å². The molecule has 1 aliphatic rings. The summed E-state index contributed by atoms with van der Waals surface area (Å²) in [6.07, 6.45) is 9.48. The summed E-state index contributed by atoms with van der Waals surface area (Å²) in [5.41, 5.74) is 8.89. The Balaban J connectivity index is 1.75. The van der Waals surface area contributed by atoms with Crippen LogP contribution in [-0.2, 0) is 19.5 Å². The number of aromatic nitrogens is 3. The van der Waals surface area contributed by atoms with E-state index in [2.05, 4.69) is 21.9 Å². The van der Waals surface area contributed by atoms with E-state index in [1.54, 1.807) is 0 Å². The Hall–Kier alpha value is -1.55. The normalized spacial score (nSPS) is 19.2. The van der Waals surface area contributed by atoms with E-state index in [1.165, 1.54) is 17.7 Å². The summed E-state index contributed by atoms with van der Waals surface area (Å²) in [7, 11) is 0. The molecule has 2 N–H and O–H groups in total. The smallest absolute Gasteiger partial charge is 0.0588 e. The van der Waals surface area contributed by atoms with E-state index in [4.69, 9.17) is 5.73 Å². The van der Waals surface area contributed by atoms with E-state index in [0.29, 0.717) is 0 Å². The summed E-state index contributed by atoms with van der Waals surface area (Å²) in [6, 6.07) is 4.38. The van der Waals surface area contributed by atoms with E-state index in [0.717, 1.165) is 25.9 Å². The van der Waals surface area contributed by atoms with Crippen molar-refractivity contribution in [2.45, 2.75) is 38.4 Å². The molecule has 0 aliphatic heterocycles. The summed E-state index contributed by atoms with van der Waals surface area (Å²) >= 11 is 0. The molecule has 90 valence electrons. The van der Waals surface area contributed by atoms with Crippen molar-refractivity contribution >= 4 is 0 Å². The largest absolute Gasteiger partial charge is 0.349 e. The lowest BCUT2D eigenvalue weighted by Gasteiger charge is -2.21. The average Bonchev–Trinajstić information content (AvgIpc) is 2.95. The van der Waals surface area contributed by atoms with E-state index in [9.17, 15) is 0 Å². The van der Waals surface area contributed by atoms with Gasteiger partial charge in [-0.1, -0.05) is 0 Å². The van der Waals surface area contributed by atoms with Crippen molar-refractivity contribution in [3.63, 3.8) is 0 Å². The molecule has 0 spiro atoms. The van der Waals surface area contributed by atoms with Crippen molar-refractivity contribution in [3.8, 4) is 0 Å². The van der Waals surface area contributed by atoms with Crippen LogP contribution < -0.4 is 5.73 Å². The number of hydrogen-bond donors (Lipinski definition) is 1. The van der Waals surface area contributed by atoms with Gasteiger partial charge in [0.15, 0.2) is 0 Å². The van der Waals surface area contributed by atoms with Gasteiger partial charge in [0.05, 0.1) is 6.54 Å². The molecule has 0 radical (unpaired) electrons. The highest BCUT2D eigenvalue weighted by Crippen LogP contribution is 2.28. The summed E-state index contributed by atoms with van der Waals surface area (Å²) in [6.45, 7) is 1.90. The molecule has 2 heterocycles. The zero-order valence-corrected chi connectivity index (χ0v) is 9.92. The van der Waals surface area contributed by atoms with Gasteiger partial charge in [-0.25, -0.2) is 0 Å². The number of nitrogens with zero attached hydrogens (tertiary/aromatic N) is 3. The highest BCUT2D eigenvalue weighted by Gasteiger charge is 2.19. The Morgan fingerprint density at radius 1 is 1.35 bits per heavy atom. The molecule has 1 atom stereocenters. The predicted molar refractivity (Wildman–Crippen MR) is 66.5 cm³/mol. The Kier molecular flexibility index (Phi) is 2.73. The fourth-order valence-corrected chi connectivity index (χ4v) is 2.65. The minimum Gasteiger partial charge on any atom is -0.349 e. The summed E-state index contributed by atoms with van der Waals surface area (Å²) in [5.74, 6) is 0. The lowest BCUT2D eigenvalue weighted by atomic mass is 9.94.